The van der Waals surface area contributed by atoms with Crippen molar-refractivity contribution in [2.45, 2.75) is 32.1 Å². The molecular weight excluding hydrogens is 364 g/mol. The van der Waals surface area contributed by atoms with E-state index in [0.29, 0.717) is 10.1 Å². The average molecular weight is 389 g/mol. The van der Waals surface area contributed by atoms with Crippen LogP contribution in [-0.4, -0.2) is 11.7 Å². The molecule has 4 nitrogen and oxygen atoms in total. The Bertz CT molecular complexity index is 742. The summed E-state index contributed by atoms with van der Waals surface area (Å²) >= 11 is 11.8. The zero-order valence-corrected chi connectivity index (χ0v) is 16.3. The molecule has 0 radical (unpaired) electrons. The van der Waals surface area contributed by atoms with Crippen LogP contribution in [0.15, 0.2) is 42.5 Å². The highest BCUT2D eigenvalue weighted by Gasteiger charge is 2.13. The van der Waals surface area contributed by atoms with E-state index in [-0.39, 0.29) is 0 Å². The molecule has 1 aliphatic rings. The first-order valence-corrected chi connectivity index (χ1v) is 9.86. The molecule has 0 heterocycles. The standard InChI is InChI=1S/C20H25ClN4S/c21-18-12-17(25-20(26)24-16-8-6-15(22)7-9-16)10-11-19(18)23-13-14-4-2-1-3-5-14/h6-12,14,23H,1-5,13,22H2,(H2,24,25,26). The van der Waals surface area contributed by atoms with Crippen LogP contribution in [0, 0.1) is 5.92 Å². The molecule has 0 saturated heterocycles. The van der Waals surface area contributed by atoms with Gasteiger partial charge in [0.25, 0.3) is 0 Å². The Labute approximate surface area is 165 Å². The highest BCUT2D eigenvalue weighted by molar-refractivity contribution is 7.80. The van der Waals surface area contributed by atoms with Crippen LogP contribution in [0.2, 0.25) is 5.02 Å². The molecule has 2 aromatic carbocycles. The normalized spacial score (nSPS) is 14.7. The van der Waals surface area contributed by atoms with E-state index >= 15 is 0 Å². The fourth-order valence-electron chi connectivity index (χ4n) is 3.24. The molecule has 26 heavy (non-hydrogen) atoms. The van der Waals surface area contributed by atoms with Crippen molar-refractivity contribution >= 4 is 51.7 Å². The topological polar surface area (TPSA) is 62.1 Å². The molecule has 3 rings (SSSR count). The van der Waals surface area contributed by atoms with Gasteiger partial charge in [-0.2, -0.15) is 0 Å². The number of thiocarbonyl (C=S) groups is 1. The number of nitrogens with one attached hydrogen (secondary N) is 3. The first-order valence-electron chi connectivity index (χ1n) is 9.07. The van der Waals surface area contributed by atoms with E-state index in [9.17, 15) is 0 Å². The maximum absolute atomic E-state index is 6.43. The van der Waals surface area contributed by atoms with Crippen molar-refractivity contribution in [2.24, 2.45) is 5.92 Å². The number of hydrogen-bond donors (Lipinski definition) is 4. The Hall–Kier alpha value is -1.98. The predicted molar refractivity (Wildman–Crippen MR) is 117 cm³/mol. The molecule has 5 N–H and O–H groups in total. The second-order valence-electron chi connectivity index (χ2n) is 6.78. The summed E-state index contributed by atoms with van der Waals surface area (Å²) in [7, 11) is 0. The maximum Gasteiger partial charge on any atom is 0.175 e. The SMILES string of the molecule is Nc1ccc(NC(=S)Nc2ccc(NCC3CCCCC3)c(Cl)c2)cc1. The molecule has 0 aromatic heterocycles. The molecule has 0 spiro atoms. The van der Waals surface area contributed by atoms with Gasteiger partial charge in [0.2, 0.25) is 0 Å². The maximum atomic E-state index is 6.43. The summed E-state index contributed by atoms with van der Waals surface area (Å²) in [5.41, 5.74) is 9.12. The number of halogens is 1. The van der Waals surface area contributed by atoms with Gasteiger partial charge in [-0.3, -0.25) is 0 Å². The minimum Gasteiger partial charge on any atom is -0.399 e. The second-order valence-corrected chi connectivity index (χ2v) is 7.60. The highest BCUT2D eigenvalue weighted by atomic mass is 35.5. The summed E-state index contributed by atoms with van der Waals surface area (Å²) in [4.78, 5) is 0. The molecule has 2 aromatic rings. The molecule has 138 valence electrons. The van der Waals surface area contributed by atoms with Crippen LogP contribution in [0.5, 0.6) is 0 Å². The average Bonchev–Trinajstić information content (AvgIpc) is 2.64. The number of anilines is 4. The van der Waals surface area contributed by atoms with E-state index in [2.05, 4.69) is 16.0 Å². The predicted octanol–water partition coefficient (Wildman–Crippen LogP) is 5.72. The molecule has 1 aliphatic carbocycles. The van der Waals surface area contributed by atoms with Crippen LogP contribution in [-0.2, 0) is 0 Å². The minimum absolute atomic E-state index is 0.508. The van der Waals surface area contributed by atoms with Crippen LogP contribution in [0.4, 0.5) is 22.7 Å². The largest absolute Gasteiger partial charge is 0.399 e. The van der Waals surface area contributed by atoms with Gasteiger partial charge in [0.15, 0.2) is 5.11 Å². The van der Waals surface area contributed by atoms with E-state index in [1.807, 2.05) is 42.5 Å². The molecule has 0 amide bonds. The second kappa shape index (κ2) is 9.10. The monoisotopic (exact) mass is 388 g/mol. The van der Waals surface area contributed by atoms with Crippen molar-refractivity contribution in [3.8, 4) is 0 Å². The summed E-state index contributed by atoms with van der Waals surface area (Å²) in [6, 6.07) is 13.3. The Morgan fingerprint density at radius 2 is 1.65 bits per heavy atom. The van der Waals surface area contributed by atoms with E-state index < -0.39 is 0 Å². The van der Waals surface area contributed by atoms with Gasteiger partial charge < -0.3 is 21.7 Å². The van der Waals surface area contributed by atoms with Crippen molar-refractivity contribution in [2.75, 3.05) is 28.2 Å². The van der Waals surface area contributed by atoms with E-state index in [1.165, 1.54) is 32.1 Å². The van der Waals surface area contributed by atoms with Gasteiger partial charge in [0.05, 0.1) is 10.7 Å². The van der Waals surface area contributed by atoms with Crippen molar-refractivity contribution in [3.05, 3.63) is 47.5 Å². The number of nitrogen functional groups attached to an aromatic ring is 1. The van der Waals surface area contributed by atoms with E-state index in [4.69, 9.17) is 29.6 Å². The van der Waals surface area contributed by atoms with E-state index in [0.717, 1.165) is 35.2 Å². The minimum atomic E-state index is 0.508. The Balaban J connectivity index is 1.53. The summed E-state index contributed by atoms with van der Waals surface area (Å²) in [6.45, 7) is 0.990. The number of nitrogens with two attached hydrogens (primary N) is 1. The highest BCUT2D eigenvalue weighted by Crippen LogP contribution is 2.28. The van der Waals surface area contributed by atoms with Gasteiger partial charge in [0.1, 0.15) is 0 Å². The third-order valence-electron chi connectivity index (χ3n) is 4.70. The van der Waals surface area contributed by atoms with Crippen LogP contribution in [0.25, 0.3) is 0 Å². The van der Waals surface area contributed by atoms with Crippen molar-refractivity contribution in [1.82, 2.24) is 0 Å². The molecular formula is C20H25ClN4S. The summed E-state index contributed by atoms with van der Waals surface area (Å²) in [6.07, 6.45) is 6.70. The van der Waals surface area contributed by atoms with Crippen molar-refractivity contribution in [3.63, 3.8) is 0 Å². The quantitative estimate of drug-likeness (QED) is 0.389. The van der Waals surface area contributed by atoms with Gasteiger partial charge >= 0.3 is 0 Å². The number of benzene rings is 2. The fraction of sp³-hybridized carbons (Fsp3) is 0.350. The van der Waals surface area contributed by atoms with Crippen LogP contribution in [0.1, 0.15) is 32.1 Å². The van der Waals surface area contributed by atoms with Crippen molar-refractivity contribution < 1.29 is 0 Å². The summed E-state index contributed by atoms with van der Waals surface area (Å²) in [5.74, 6) is 0.759. The van der Waals surface area contributed by atoms with Crippen molar-refractivity contribution in [1.29, 1.82) is 0 Å². The summed E-state index contributed by atoms with van der Waals surface area (Å²) in [5, 5.41) is 11.0. The fourth-order valence-corrected chi connectivity index (χ4v) is 3.72. The first kappa shape index (κ1) is 18.8. The lowest BCUT2D eigenvalue weighted by Crippen LogP contribution is -2.19. The molecule has 0 bridgehead atoms. The van der Waals surface area contributed by atoms with Gasteiger partial charge in [-0.05, 0) is 73.4 Å². The number of hydrogen-bond acceptors (Lipinski definition) is 3. The van der Waals surface area contributed by atoms with Gasteiger partial charge in [-0.25, -0.2) is 0 Å². The third-order valence-corrected chi connectivity index (χ3v) is 5.22. The molecule has 0 unspecified atom stereocenters. The Morgan fingerprint density at radius 3 is 2.35 bits per heavy atom. The summed E-state index contributed by atoms with van der Waals surface area (Å²) < 4.78 is 0. The third kappa shape index (κ3) is 5.51. The van der Waals surface area contributed by atoms with Crippen LogP contribution < -0.4 is 21.7 Å². The molecule has 0 aliphatic heterocycles. The zero-order valence-electron chi connectivity index (χ0n) is 14.7. The molecule has 6 heteroatoms. The molecule has 1 saturated carbocycles. The van der Waals surface area contributed by atoms with E-state index in [1.54, 1.807) is 0 Å². The first-order chi connectivity index (χ1) is 12.6. The Morgan fingerprint density at radius 1 is 1.00 bits per heavy atom. The lowest BCUT2D eigenvalue weighted by molar-refractivity contribution is 0.373. The van der Waals surface area contributed by atoms with Gasteiger partial charge in [-0.1, -0.05) is 30.9 Å². The molecule has 1 fully saturated rings. The van der Waals surface area contributed by atoms with Gasteiger partial charge in [-0.15, -0.1) is 0 Å². The Kier molecular flexibility index (Phi) is 6.58. The zero-order chi connectivity index (χ0) is 18.4. The van der Waals surface area contributed by atoms with Crippen LogP contribution in [0.3, 0.4) is 0 Å². The number of rotatable bonds is 5. The lowest BCUT2D eigenvalue weighted by Gasteiger charge is -2.22. The lowest BCUT2D eigenvalue weighted by atomic mass is 9.89. The molecule has 0 atom stereocenters. The smallest absolute Gasteiger partial charge is 0.175 e. The van der Waals surface area contributed by atoms with Gasteiger partial charge in [0, 0.05) is 23.6 Å². The van der Waals surface area contributed by atoms with Crippen LogP contribution >= 0.6 is 23.8 Å².